The lowest BCUT2D eigenvalue weighted by molar-refractivity contribution is -0.140. The Kier molecular flexibility index (Phi) is 10.2. The molecule has 2 rings (SSSR count). The van der Waals surface area contributed by atoms with E-state index in [1.54, 1.807) is 38.1 Å². The molecule has 1 atom stereocenters. The number of amides is 2. The first-order valence-corrected chi connectivity index (χ1v) is 12.9. The Bertz CT molecular complexity index is 1050. The van der Waals surface area contributed by atoms with Crippen molar-refractivity contribution in [2.24, 2.45) is 5.92 Å². The zero-order valence-electron chi connectivity index (χ0n) is 20.2. The minimum Gasteiger partial charge on any atom is -0.354 e. The molecular weight excluding hydrogens is 457 g/mol. The van der Waals surface area contributed by atoms with E-state index < -0.39 is 16.1 Å². The van der Waals surface area contributed by atoms with Gasteiger partial charge in [0.05, 0.1) is 4.90 Å². The van der Waals surface area contributed by atoms with E-state index in [1.807, 2.05) is 13.8 Å². The third-order valence-corrected chi connectivity index (χ3v) is 6.88. The van der Waals surface area contributed by atoms with Crippen molar-refractivity contribution in [2.45, 2.75) is 58.0 Å². The van der Waals surface area contributed by atoms with Crippen LogP contribution in [0, 0.1) is 11.7 Å². The first kappa shape index (κ1) is 27.5. The molecule has 2 amide bonds. The highest BCUT2D eigenvalue weighted by Gasteiger charge is 2.26. The molecule has 0 saturated carbocycles. The van der Waals surface area contributed by atoms with Crippen LogP contribution in [-0.2, 0) is 32.6 Å². The number of nitrogens with zero attached hydrogens (tertiary/aromatic N) is 1. The summed E-state index contributed by atoms with van der Waals surface area (Å²) in [6, 6.07) is 11.5. The van der Waals surface area contributed by atoms with Crippen molar-refractivity contribution in [3.63, 3.8) is 0 Å². The summed E-state index contributed by atoms with van der Waals surface area (Å²) in [5.74, 6) is -0.566. The maximum atomic E-state index is 13.3. The Morgan fingerprint density at radius 1 is 0.971 bits per heavy atom. The molecule has 0 spiro atoms. The second kappa shape index (κ2) is 12.6. The molecule has 7 nitrogen and oxygen atoms in total. The number of benzene rings is 2. The molecule has 2 N–H and O–H groups in total. The summed E-state index contributed by atoms with van der Waals surface area (Å²) in [6.45, 7) is 8.34. The second-order valence-corrected chi connectivity index (χ2v) is 10.4. The van der Waals surface area contributed by atoms with Crippen molar-refractivity contribution in [1.29, 1.82) is 0 Å². The van der Waals surface area contributed by atoms with Crippen molar-refractivity contribution in [3.8, 4) is 0 Å². The Labute approximate surface area is 201 Å². The molecule has 0 aliphatic rings. The predicted octanol–water partition coefficient (Wildman–Crippen LogP) is 3.25. The number of halogens is 1. The summed E-state index contributed by atoms with van der Waals surface area (Å²) in [5.41, 5.74) is 1.53. The van der Waals surface area contributed by atoms with Gasteiger partial charge in [0.15, 0.2) is 0 Å². The first-order valence-electron chi connectivity index (χ1n) is 11.4. The number of hydrogen-bond acceptors (Lipinski definition) is 4. The van der Waals surface area contributed by atoms with E-state index in [9.17, 15) is 22.4 Å². The van der Waals surface area contributed by atoms with Gasteiger partial charge in [-0.3, -0.25) is 9.59 Å². The minimum atomic E-state index is -3.54. The normalized spacial score (nSPS) is 12.4. The topological polar surface area (TPSA) is 95.6 Å². The number of nitrogens with one attached hydrogen (secondary N) is 2. The highest BCUT2D eigenvalue weighted by atomic mass is 32.2. The maximum Gasteiger partial charge on any atom is 0.242 e. The Balaban J connectivity index is 2.12. The van der Waals surface area contributed by atoms with Crippen LogP contribution in [0.25, 0.3) is 0 Å². The summed E-state index contributed by atoms with van der Waals surface area (Å²) in [4.78, 5) is 27.5. The van der Waals surface area contributed by atoms with Crippen molar-refractivity contribution in [3.05, 3.63) is 65.5 Å². The number of aryl methyl sites for hydroxylation is 1. The van der Waals surface area contributed by atoms with Crippen LogP contribution in [0.1, 0.15) is 45.2 Å². The number of carbonyl (C=O) groups excluding carboxylic acids is 2. The van der Waals surface area contributed by atoms with Gasteiger partial charge in [0.1, 0.15) is 11.9 Å². The predicted molar refractivity (Wildman–Crippen MR) is 130 cm³/mol. The third-order valence-electron chi connectivity index (χ3n) is 5.31. The van der Waals surface area contributed by atoms with Gasteiger partial charge in [-0.1, -0.05) is 45.0 Å². The number of hydrogen-bond donors (Lipinski definition) is 2. The van der Waals surface area contributed by atoms with Crippen molar-refractivity contribution in [1.82, 2.24) is 14.9 Å². The summed E-state index contributed by atoms with van der Waals surface area (Å²) >= 11 is 0. The fourth-order valence-corrected chi connectivity index (χ4v) is 4.37. The molecule has 2 aromatic rings. The van der Waals surface area contributed by atoms with Crippen LogP contribution in [-0.4, -0.2) is 44.3 Å². The largest absolute Gasteiger partial charge is 0.354 e. The average Bonchev–Trinajstić information content (AvgIpc) is 2.80. The van der Waals surface area contributed by atoms with Crippen LogP contribution in [0.4, 0.5) is 4.39 Å². The van der Waals surface area contributed by atoms with E-state index in [-0.39, 0.29) is 41.4 Å². The second-order valence-electron chi connectivity index (χ2n) is 8.61. The van der Waals surface area contributed by atoms with E-state index in [4.69, 9.17) is 0 Å². The van der Waals surface area contributed by atoms with Gasteiger partial charge < -0.3 is 10.2 Å². The van der Waals surface area contributed by atoms with Gasteiger partial charge in [-0.05, 0) is 54.7 Å². The average molecular weight is 492 g/mol. The highest BCUT2D eigenvalue weighted by Crippen LogP contribution is 2.15. The first-order chi connectivity index (χ1) is 16.0. The van der Waals surface area contributed by atoms with Gasteiger partial charge >= 0.3 is 0 Å². The molecule has 2 aromatic carbocycles. The molecular formula is C25H34FN3O4S. The molecule has 34 heavy (non-hydrogen) atoms. The van der Waals surface area contributed by atoms with Gasteiger partial charge in [0.25, 0.3) is 0 Å². The lowest BCUT2D eigenvalue weighted by Crippen LogP contribution is -2.48. The summed E-state index contributed by atoms with van der Waals surface area (Å²) in [7, 11) is -3.54. The molecule has 0 aliphatic heterocycles. The molecule has 186 valence electrons. The van der Waals surface area contributed by atoms with E-state index in [0.29, 0.717) is 19.5 Å². The summed E-state index contributed by atoms with van der Waals surface area (Å²) < 4.78 is 39.9. The van der Waals surface area contributed by atoms with Gasteiger partial charge in [0.2, 0.25) is 21.8 Å². The minimum absolute atomic E-state index is 0.141. The lowest BCUT2D eigenvalue weighted by Gasteiger charge is -2.29. The number of sulfonamides is 1. The Morgan fingerprint density at radius 3 is 2.12 bits per heavy atom. The highest BCUT2D eigenvalue weighted by molar-refractivity contribution is 7.89. The van der Waals surface area contributed by atoms with Crippen LogP contribution < -0.4 is 10.0 Å². The van der Waals surface area contributed by atoms with Gasteiger partial charge in [-0.25, -0.2) is 17.5 Å². The van der Waals surface area contributed by atoms with Crippen LogP contribution in [0.5, 0.6) is 0 Å². The Morgan fingerprint density at radius 2 is 1.56 bits per heavy atom. The van der Waals surface area contributed by atoms with Gasteiger partial charge in [-0.2, -0.15) is 0 Å². The van der Waals surface area contributed by atoms with Crippen molar-refractivity contribution >= 4 is 21.8 Å². The Hall–Kier alpha value is -2.78. The summed E-state index contributed by atoms with van der Waals surface area (Å²) in [5, 5.41) is 2.86. The quantitative estimate of drug-likeness (QED) is 0.477. The smallest absolute Gasteiger partial charge is 0.242 e. The van der Waals surface area contributed by atoms with Crippen molar-refractivity contribution < 1.29 is 22.4 Å². The monoisotopic (exact) mass is 491 g/mol. The molecule has 0 saturated heterocycles. The van der Waals surface area contributed by atoms with Crippen LogP contribution in [0.2, 0.25) is 0 Å². The fourth-order valence-electron chi connectivity index (χ4n) is 3.33. The fraction of sp³-hybridized carbons (Fsp3) is 0.440. The molecule has 0 heterocycles. The zero-order chi connectivity index (χ0) is 25.3. The van der Waals surface area contributed by atoms with Crippen LogP contribution in [0.15, 0.2) is 53.4 Å². The van der Waals surface area contributed by atoms with Gasteiger partial charge in [-0.15, -0.1) is 0 Å². The van der Waals surface area contributed by atoms with Crippen LogP contribution >= 0.6 is 0 Å². The SMILES string of the molecule is CCNS(=O)(=O)c1ccc(CCC(=O)N(Cc2ccc(F)cc2)[C@H](C)C(=O)NCC(C)C)cc1. The van der Waals surface area contributed by atoms with E-state index in [0.717, 1.165) is 11.1 Å². The third kappa shape index (κ3) is 8.22. The number of carbonyl (C=O) groups is 2. The molecule has 9 heteroatoms. The molecule has 0 aliphatic carbocycles. The lowest BCUT2D eigenvalue weighted by atomic mass is 10.1. The molecule has 0 bridgehead atoms. The molecule has 0 radical (unpaired) electrons. The maximum absolute atomic E-state index is 13.3. The van der Waals surface area contributed by atoms with Gasteiger partial charge in [0, 0.05) is 26.1 Å². The molecule has 0 aromatic heterocycles. The standard InChI is InChI=1S/C25H34FN3O4S/c1-5-28-34(32,33)23-13-8-20(9-14-23)10-15-24(30)29(17-21-6-11-22(26)12-7-21)19(4)25(31)27-16-18(2)3/h6-9,11-14,18-19,28H,5,10,15-17H2,1-4H3,(H,27,31)/t19-/m1/s1. The van der Waals surface area contributed by atoms with Crippen molar-refractivity contribution in [2.75, 3.05) is 13.1 Å². The summed E-state index contributed by atoms with van der Waals surface area (Å²) in [6.07, 6.45) is 0.531. The van der Waals surface area contributed by atoms with E-state index in [2.05, 4.69) is 10.0 Å². The molecule has 0 unspecified atom stereocenters. The zero-order valence-corrected chi connectivity index (χ0v) is 21.0. The van der Waals surface area contributed by atoms with Crippen LogP contribution in [0.3, 0.4) is 0 Å². The number of rotatable bonds is 12. The molecule has 0 fully saturated rings. The van der Waals surface area contributed by atoms with E-state index in [1.165, 1.54) is 29.2 Å². The van der Waals surface area contributed by atoms with E-state index >= 15 is 0 Å².